The summed E-state index contributed by atoms with van der Waals surface area (Å²) in [5, 5.41) is 8.14. The van der Waals surface area contributed by atoms with Gasteiger partial charge in [0, 0.05) is 25.0 Å². The zero-order valence-electron chi connectivity index (χ0n) is 15.8. The lowest BCUT2D eigenvalue weighted by Gasteiger charge is -2.29. The number of hydrogen-bond acceptors (Lipinski definition) is 6. The Balaban J connectivity index is 2.21. The first-order valence-electron chi connectivity index (χ1n) is 8.96. The lowest BCUT2D eigenvalue weighted by molar-refractivity contribution is 0.474. The van der Waals surface area contributed by atoms with Gasteiger partial charge in [-0.1, -0.05) is 19.9 Å². The van der Waals surface area contributed by atoms with E-state index in [4.69, 9.17) is 0 Å². The van der Waals surface area contributed by atoms with Crippen LogP contribution in [-0.4, -0.2) is 31.0 Å². The van der Waals surface area contributed by atoms with Crippen molar-refractivity contribution in [3.05, 3.63) is 42.1 Å². The summed E-state index contributed by atoms with van der Waals surface area (Å²) in [6.45, 7) is 7.90. The Labute approximate surface area is 159 Å². The average Bonchev–Trinajstić information content (AvgIpc) is 2.75. The van der Waals surface area contributed by atoms with Gasteiger partial charge < -0.3 is 4.90 Å². The molecule has 144 valence electrons. The molecule has 7 nitrogen and oxygen atoms in total. The van der Waals surface area contributed by atoms with Gasteiger partial charge in [-0.15, -0.1) is 10.2 Å². The molecule has 3 rings (SSSR count). The summed E-state index contributed by atoms with van der Waals surface area (Å²) < 4.78 is 33.8. The Morgan fingerprint density at radius 2 is 2.04 bits per heavy atom. The Bertz CT molecular complexity index is 956. The molecule has 0 unspecified atom stereocenters. The topological polar surface area (TPSA) is 95.2 Å². The lowest BCUT2D eigenvalue weighted by atomic mass is 9.80. The van der Waals surface area contributed by atoms with Crippen LogP contribution in [0.2, 0.25) is 0 Å². The number of aromatic nitrogens is 1. The quantitative estimate of drug-likeness (QED) is 0.608. The molecule has 27 heavy (non-hydrogen) atoms. The second kappa shape index (κ2) is 7.36. The molecule has 0 aliphatic carbocycles. The van der Waals surface area contributed by atoms with Crippen molar-refractivity contribution in [2.24, 2.45) is 10.2 Å². The number of pyridine rings is 1. The minimum absolute atomic E-state index is 0.118. The molecule has 0 saturated carbocycles. The summed E-state index contributed by atoms with van der Waals surface area (Å²) in [6, 6.07) is 8.45. The van der Waals surface area contributed by atoms with Crippen LogP contribution in [0.4, 0.5) is 17.2 Å². The van der Waals surface area contributed by atoms with E-state index in [1.807, 2.05) is 6.92 Å². The molecule has 0 bridgehead atoms. The minimum Gasteiger partial charge on any atom is -0.372 e. The zero-order valence-corrected chi connectivity index (χ0v) is 16.6. The van der Waals surface area contributed by atoms with Gasteiger partial charge in [0.2, 0.25) is 0 Å². The molecule has 0 radical (unpaired) electrons. The first kappa shape index (κ1) is 19.4. The Morgan fingerprint density at radius 3 is 2.67 bits per heavy atom. The first-order valence-corrected chi connectivity index (χ1v) is 10.4. The highest BCUT2D eigenvalue weighted by Crippen LogP contribution is 2.43. The number of nitrogens with zero attached hydrogens (tertiary/aromatic N) is 4. The number of anilines is 1. The van der Waals surface area contributed by atoms with E-state index >= 15 is 0 Å². The van der Waals surface area contributed by atoms with Crippen molar-refractivity contribution in [3.63, 3.8) is 0 Å². The fraction of sp³-hybridized carbons (Fsp3) is 0.421. The van der Waals surface area contributed by atoms with Gasteiger partial charge in [-0.25, -0.2) is 4.98 Å². The standard InChI is InChI=1S/C19H24N4O3S/c1-4-23-11-7-9-19(2,3)14-12-15(17(13-16(14)23)27(24,25)26)21-22-18-8-5-6-10-20-18/h5-6,8,10,12-13H,4,7,9,11H2,1-3H3,(H,24,25,26). The molecule has 1 N–H and O–H groups in total. The summed E-state index contributed by atoms with van der Waals surface area (Å²) in [4.78, 5) is 5.96. The molecule has 1 aliphatic rings. The zero-order chi connectivity index (χ0) is 19.7. The third-order valence-corrected chi connectivity index (χ3v) is 5.83. The van der Waals surface area contributed by atoms with E-state index in [0.717, 1.165) is 37.2 Å². The van der Waals surface area contributed by atoms with Crippen LogP contribution >= 0.6 is 0 Å². The number of rotatable bonds is 4. The molecular formula is C19H24N4O3S. The molecule has 0 fully saturated rings. The van der Waals surface area contributed by atoms with Crippen molar-refractivity contribution >= 4 is 27.3 Å². The first-order chi connectivity index (χ1) is 12.7. The van der Waals surface area contributed by atoms with E-state index in [1.54, 1.807) is 30.5 Å². The third-order valence-electron chi connectivity index (χ3n) is 4.95. The fourth-order valence-corrected chi connectivity index (χ4v) is 4.08. The van der Waals surface area contributed by atoms with Crippen LogP contribution in [0.1, 0.15) is 39.2 Å². The van der Waals surface area contributed by atoms with Crippen LogP contribution in [0, 0.1) is 0 Å². The SMILES string of the molecule is CCN1CCCC(C)(C)c2cc(N=Nc3ccccn3)c(S(=O)(=O)O)cc21. The summed E-state index contributed by atoms with van der Waals surface area (Å²) >= 11 is 0. The van der Waals surface area contributed by atoms with Crippen molar-refractivity contribution in [1.29, 1.82) is 0 Å². The second-order valence-corrected chi connectivity index (χ2v) is 8.66. The van der Waals surface area contributed by atoms with Crippen LogP contribution < -0.4 is 4.90 Å². The van der Waals surface area contributed by atoms with E-state index in [2.05, 4.69) is 34.0 Å². The van der Waals surface area contributed by atoms with Gasteiger partial charge in [0.25, 0.3) is 10.1 Å². The molecule has 8 heteroatoms. The molecule has 0 amide bonds. The molecule has 1 aromatic carbocycles. The normalized spacial score (nSPS) is 17.0. The fourth-order valence-electron chi connectivity index (χ4n) is 3.46. The largest absolute Gasteiger partial charge is 0.372 e. The van der Waals surface area contributed by atoms with Crippen LogP contribution in [0.25, 0.3) is 0 Å². The van der Waals surface area contributed by atoms with E-state index in [0.29, 0.717) is 5.82 Å². The Hall–Kier alpha value is -2.32. The van der Waals surface area contributed by atoms with Crippen LogP contribution in [-0.2, 0) is 15.5 Å². The van der Waals surface area contributed by atoms with Gasteiger partial charge in [-0.05, 0) is 55.0 Å². The van der Waals surface area contributed by atoms with Crippen molar-refractivity contribution < 1.29 is 13.0 Å². The van der Waals surface area contributed by atoms with Crippen molar-refractivity contribution in [3.8, 4) is 0 Å². The third kappa shape index (κ3) is 4.17. The van der Waals surface area contributed by atoms with E-state index in [9.17, 15) is 13.0 Å². The molecule has 0 atom stereocenters. The van der Waals surface area contributed by atoms with Crippen molar-refractivity contribution in [1.82, 2.24) is 4.98 Å². The van der Waals surface area contributed by atoms with Gasteiger partial charge >= 0.3 is 0 Å². The number of benzene rings is 1. The van der Waals surface area contributed by atoms with Gasteiger partial charge in [0.05, 0.1) is 0 Å². The van der Waals surface area contributed by atoms with Gasteiger partial charge in [0.1, 0.15) is 10.6 Å². The number of hydrogen-bond donors (Lipinski definition) is 1. The summed E-state index contributed by atoms with van der Waals surface area (Å²) in [5.74, 6) is 0.364. The highest BCUT2D eigenvalue weighted by atomic mass is 32.2. The highest BCUT2D eigenvalue weighted by molar-refractivity contribution is 7.86. The van der Waals surface area contributed by atoms with Crippen LogP contribution in [0.3, 0.4) is 0 Å². The molecule has 0 saturated heterocycles. The van der Waals surface area contributed by atoms with E-state index < -0.39 is 10.1 Å². The van der Waals surface area contributed by atoms with Crippen LogP contribution in [0.15, 0.2) is 51.7 Å². The minimum atomic E-state index is -4.45. The van der Waals surface area contributed by atoms with Gasteiger partial charge in [-0.2, -0.15) is 8.42 Å². The Morgan fingerprint density at radius 1 is 1.26 bits per heavy atom. The van der Waals surface area contributed by atoms with Crippen molar-refractivity contribution in [2.45, 2.75) is 43.9 Å². The smallest absolute Gasteiger partial charge is 0.296 e. The number of azo groups is 1. The van der Waals surface area contributed by atoms with E-state index in [1.165, 1.54) is 6.07 Å². The maximum Gasteiger partial charge on any atom is 0.296 e. The predicted molar refractivity (Wildman–Crippen MR) is 105 cm³/mol. The van der Waals surface area contributed by atoms with E-state index in [-0.39, 0.29) is 16.0 Å². The average molecular weight is 388 g/mol. The van der Waals surface area contributed by atoms with Gasteiger partial charge in [0.15, 0.2) is 5.82 Å². The van der Waals surface area contributed by atoms with Gasteiger partial charge in [-0.3, -0.25) is 4.55 Å². The maximum atomic E-state index is 12.0. The molecular weight excluding hydrogens is 364 g/mol. The lowest BCUT2D eigenvalue weighted by Crippen LogP contribution is -2.24. The monoisotopic (exact) mass is 388 g/mol. The number of fused-ring (bicyclic) bond motifs is 1. The highest BCUT2D eigenvalue weighted by Gasteiger charge is 2.31. The molecule has 0 spiro atoms. The molecule has 1 aliphatic heterocycles. The second-order valence-electron chi connectivity index (χ2n) is 7.27. The molecule has 2 aromatic rings. The maximum absolute atomic E-state index is 12.0. The molecule has 2 heterocycles. The summed E-state index contributed by atoms with van der Waals surface area (Å²) in [5.41, 5.74) is 1.80. The van der Waals surface area contributed by atoms with Crippen LogP contribution in [0.5, 0.6) is 0 Å². The predicted octanol–water partition coefficient (Wildman–Crippen LogP) is 4.64. The molecule has 1 aromatic heterocycles. The van der Waals surface area contributed by atoms with Crippen molar-refractivity contribution in [2.75, 3.05) is 18.0 Å². The summed E-state index contributed by atoms with van der Waals surface area (Å²) in [6.07, 6.45) is 3.55. The summed E-state index contributed by atoms with van der Waals surface area (Å²) in [7, 11) is -4.45. The Kier molecular flexibility index (Phi) is 5.30.